The van der Waals surface area contributed by atoms with Gasteiger partial charge in [0.1, 0.15) is 18.4 Å². The van der Waals surface area contributed by atoms with Gasteiger partial charge in [0, 0.05) is 17.1 Å². The first-order valence-electron chi connectivity index (χ1n) is 11.1. The number of rotatable bonds is 9. The van der Waals surface area contributed by atoms with Gasteiger partial charge in [0.05, 0.1) is 11.9 Å². The molecule has 7 nitrogen and oxygen atoms in total. The maximum atomic E-state index is 13.5. The number of amides is 2. The third-order valence-electron chi connectivity index (χ3n) is 5.93. The summed E-state index contributed by atoms with van der Waals surface area (Å²) in [5.74, 6) is -1.32. The molecule has 34 heavy (non-hydrogen) atoms. The van der Waals surface area contributed by atoms with Gasteiger partial charge in [0.25, 0.3) is 0 Å². The molecule has 2 aromatic carbocycles. The van der Waals surface area contributed by atoms with E-state index in [1.54, 1.807) is 6.92 Å². The Kier molecular flexibility index (Phi) is 8.70. The Labute approximate surface area is 208 Å². The lowest BCUT2D eigenvalue weighted by molar-refractivity contribution is -0.139. The van der Waals surface area contributed by atoms with Crippen molar-refractivity contribution in [1.82, 2.24) is 10.2 Å². The first-order valence-corrected chi connectivity index (χ1v) is 13.8. The second-order valence-electron chi connectivity index (χ2n) is 8.56. The van der Waals surface area contributed by atoms with Crippen molar-refractivity contribution in [2.45, 2.75) is 51.2 Å². The van der Waals surface area contributed by atoms with Gasteiger partial charge in [-0.05, 0) is 61.7 Å². The van der Waals surface area contributed by atoms with Crippen LogP contribution in [0.2, 0.25) is 0 Å². The number of hydrogen-bond donors (Lipinski definition) is 1. The van der Waals surface area contributed by atoms with Crippen LogP contribution in [0, 0.1) is 5.82 Å². The fraction of sp³-hybridized carbons (Fsp3) is 0.417. The second kappa shape index (κ2) is 11.3. The van der Waals surface area contributed by atoms with E-state index in [4.69, 9.17) is 0 Å². The van der Waals surface area contributed by atoms with Crippen LogP contribution >= 0.6 is 15.9 Å². The number of anilines is 1. The number of nitrogens with one attached hydrogen (secondary N) is 1. The van der Waals surface area contributed by atoms with Gasteiger partial charge in [0.15, 0.2) is 0 Å². The van der Waals surface area contributed by atoms with Gasteiger partial charge in [-0.1, -0.05) is 40.9 Å². The van der Waals surface area contributed by atoms with Crippen molar-refractivity contribution in [3.63, 3.8) is 0 Å². The van der Waals surface area contributed by atoms with Crippen LogP contribution in [0.25, 0.3) is 0 Å². The molecule has 184 valence electrons. The summed E-state index contributed by atoms with van der Waals surface area (Å²) in [6, 6.07) is 11.5. The molecule has 0 bridgehead atoms. The minimum atomic E-state index is -3.85. The van der Waals surface area contributed by atoms with Crippen LogP contribution < -0.4 is 9.62 Å². The Balaban J connectivity index is 1.86. The Bertz CT molecular complexity index is 1100. The highest BCUT2D eigenvalue weighted by Crippen LogP contribution is 2.21. The topological polar surface area (TPSA) is 86.8 Å². The molecule has 1 saturated carbocycles. The van der Waals surface area contributed by atoms with Crippen LogP contribution in [0.4, 0.5) is 10.1 Å². The summed E-state index contributed by atoms with van der Waals surface area (Å²) in [4.78, 5) is 27.8. The molecule has 0 aromatic heterocycles. The van der Waals surface area contributed by atoms with Crippen LogP contribution in [0.5, 0.6) is 0 Å². The standard InChI is InChI=1S/C24H29BrFN3O4S/c1-17(24(31)27-21-5-3-4-6-21)28(15-18-7-9-19(25)10-8-18)23(30)16-29(34(2,32)33)22-13-11-20(26)12-14-22/h7-14,17,21H,3-6,15-16H2,1-2H3,(H,27,31)/t17-/m0/s1. The molecule has 1 N–H and O–H groups in total. The minimum absolute atomic E-state index is 0.0892. The second-order valence-corrected chi connectivity index (χ2v) is 11.4. The van der Waals surface area contributed by atoms with Crippen LogP contribution in [-0.2, 0) is 26.2 Å². The minimum Gasteiger partial charge on any atom is -0.352 e. The molecule has 1 aliphatic carbocycles. The van der Waals surface area contributed by atoms with Gasteiger partial charge < -0.3 is 10.2 Å². The Morgan fingerprint density at radius 1 is 1.09 bits per heavy atom. The van der Waals surface area contributed by atoms with E-state index >= 15 is 0 Å². The van der Waals surface area contributed by atoms with Crippen molar-refractivity contribution in [3.8, 4) is 0 Å². The smallest absolute Gasteiger partial charge is 0.244 e. The Morgan fingerprint density at radius 2 is 1.68 bits per heavy atom. The molecule has 3 rings (SSSR count). The van der Waals surface area contributed by atoms with Gasteiger partial charge >= 0.3 is 0 Å². The highest BCUT2D eigenvalue weighted by Gasteiger charge is 2.31. The maximum absolute atomic E-state index is 13.5. The van der Waals surface area contributed by atoms with E-state index in [1.165, 1.54) is 17.0 Å². The lowest BCUT2D eigenvalue weighted by Gasteiger charge is -2.32. The highest BCUT2D eigenvalue weighted by atomic mass is 79.9. The summed E-state index contributed by atoms with van der Waals surface area (Å²) < 4.78 is 40.1. The van der Waals surface area contributed by atoms with E-state index in [0.29, 0.717) is 0 Å². The summed E-state index contributed by atoms with van der Waals surface area (Å²) in [6.45, 7) is 1.26. The summed E-state index contributed by atoms with van der Waals surface area (Å²) in [6.07, 6.45) is 4.92. The van der Waals surface area contributed by atoms with Gasteiger partial charge in [-0.3, -0.25) is 13.9 Å². The van der Waals surface area contributed by atoms with Crippen LogP contribution in [0.1, 0.15) is 38.2 Å². The van der Waals surface area contributed by atoms with E-state index in [2.05, 4.69) is 21.2 Å². The number of carbonyl (C=O) groups excluding carboxylic acids is 2. The average molecular weight is 554 g/mol. The molecule has 2 aromatic rings. The first-order chi connectivity index (χ1) is 16.0. The Morgan fingerprint density at radius 3 is 2.24 bits per heavy atom. The molecule has 2 amide bonds. The average Bonchev–Trinajstić information content (AvgIpc) is 3.29. The summed E-state index contributed by atoms with van der Waals surface area (Å²) >= 11 is 3.38. The number of sulfonamides is 1. The monoisotopic (exact) mass is 553 g/mol. The van der Waals surface area contributed by atoms with E-state index < -0.39 is 34.3 Å². The van der Waals surface area contributed by atoms with Gasteiger partial charge in [-0.15, -0.1) is 0 Å². The molecule has 10 heteroatoms. The number of benzene rings is 2. The number of hydrogen-bond acceptors (Lipinski definition) is 4. The molecule has 0 saturated heterocycles. The van der Waals surface area contributed by atoms with Crippen molar-refractivity contribution in [1.29, 1.82) is 0 Å². The fourth-order valence-corrected chi connectivity index (χ4v) is 5.10. The van der Waals surface area contributed by atoms with E-state index in [9.17, 15) is 22.4 Å². The SMILES string of the molecule is C[C@@H](C(=O)NC1CCCC1)N(Cc1ccc(Br)cc1)C(=O)CN(c1ccc(F)cc1)S(C)(=O)=O. The van der Waals surface area contributed by atoms with Crippen molar-refractivity contribution >= 4 is 43.5 Å². The van der Waals surface area contributed by atoms with Crippen molar-refractivity contribution in [3.05, 3.63) is 64.4 Å². The normalized spacial score (nSPS) is 15.1. The zero-order valence-electron chi connectivity index (χ0n) is 19.2. The van der Waals surface area contributed by atoms with Crippen molar-refractivity contribution < 1.29 is 22.4 Å². The molecule has 1 fully saturated rings. The van der Waals surface area contributed by atoms with E-state index in [0.717, 1.165) is 58.4 Å². The fourth-order valence-electron chi connectivity index (χ4n) is 3.98. The molecule has 0 heterocycles. The third kappa shape index (κ3) is 7.02. The van der Waals surface area contributed by atoms with E-state index in [-0.39, 0.29) is 24.2 Å². The molecule has 1 atom stereocenters. The molecular weight excluding hydrogens is 525 g/mol. The van der Waals surface area contributed by atoms with E-state index in [1.807, 2.05) is 24.3 Å². The lowest BCUT2D eigenvalue weighted by atomic mass is 10.1. The number of halogens is 2. The molecular formula is C24H29BrFN3O4S. The van der Waals surface area contributed by atoms with Gasteiger partial charge in [-0.25, -0.2) is 12.8 Å². The molecule has 0 unspecified atom stereocenters. The Hall–Kier alpha value is -2.46. The molecule has 0 aliphatic heterocycles. The summed E-state index contributed by atoms with van der Waals surface area (Å²) in [5, 5.41) is 3.02. The number of carbonyl (C=O) groups is 2. The van der Waals surface area contributed by atoms with Crippen LogP contribution in [0.3, 0.4) is 0 Å². The molecule has 1 aliphatic rings. The van der Waals surface area contributed by atoms with Crippen LogP contribution in [-0.4, -0.2) is 50.0 Å². The third-order valence-corrected chi connectivity index (χ3v) is 7.60. The number of nitrogens with zero attached hydrogens (tertiary/aromatic N) is 2. The van der Waals surface area contributed by atoms with Crippen molar-refractivity contribution in [2.24, 2.45) is 0 Å². The summed E-state index contributed by atoms with van der Waals surface area (Å²) in [7, 11) is -3.85. The summed E-state index contributed by atoms with van der Waals surface area (Å²) in [5.41, 5.74) is 0.966. The quantitative estimate of drug-likeness (QED) is 0.511. The largest absolute Gasteiger partial charge is 0.352 e. The lowest BCUT2D eigenvalue weighted by Crippen LogP contribution is -2.52. The maximum Gasteiger partial charge on any atom is 0.244 e. The zero-order valence-corrected chi connectivity index (χ0v) is 21.6. The van der Waals surface area contributed by atoms with Gasteiger partial charge in [0.2, 0.25) is 21.8 Å². The first kappa shape index (κ1) is 26.2. The predicted molar refractivity (Wildman–Crippen MR) is 133 cm³/mol. The van der Waals surface area contributed by atoms with Gasteiger partial charge in [-0.2, -0.15) is 0 Å². The molecule has 0 spiro atoms. The highest BCUT2D eigenvalue weighted by molar-refractivity contribution is 9.10. The molecule has 0 radical (unpaired) electrons. The zero-order chi connectivity index (χ0) is 24.9. The van der Waals surface area contributed by atoms with Crippen molar-refractivity contribution in [2.75, 3.05) is 17.1 Å². The van der Waals surface area contributed by atoms with Crippen LogP contribution in [0.15, 0.2) is 53.0 Å². The predicted octanol–water partition coefficient (Wildman–Crippen LogP) is 3.83.